The smallest absolute Gasteiger partial charge is 0.324 e. The van der Waals surface area contributed by atoms with Gasteiger partial charge in [0.25, 0.3) is 0 Å². The van der Waals surface area contributed by atoms with E-state index < -0.39 is 17.3 Å². The van der Waals surface area contributed by atoms with Gasteiger partial charge in [-0.15, -0.1) is 0 Å². The van der Waals surface area contributed by atoms with Crippen LogP contribution in [0.4, 0.5) is 0 Å². The molecule has 2 atom stereocenters. The molecule has 3 heteroatoms. The average molecular weight is 318 g/mol. The highest BCUT2D eigenvalue weighted by Gasteiger charge is 2.51. The van der Waals surface area contributed by atoms with Crippen LogP contribution in [0.1, 0.15) is 21.8 Å². The van der Waals surface area contributed by atoms with E-state index in [1.54, 1.807) is 36.4 Å². The molecule has 0 saturated carbocycles. The number of carbonyl (C=O) groups is 2. The highest BCUT2D eigenvalue weighted by molar-refractivity contribution is 6.15. The van der Waals surface area contributed by atoms with Crippen molar-refractivity contribution in [1.29, 1.82) is 0 Å². The fourth-order valence-electron chi connectivity index (χ4n) is 3.17. The number of hydrogen-bond donors (Lipinski definition) is 0. The van der Waals surface area contributed by atoms with Crippen LogP contribution in [0.3, 0.4) is 0 Å². The Morgan fingerprint density at radius 1 is 0.917 bits per heavy atom. The van der Waals surface area contributed by atoms with Crippen molar-refractivity contribution < 1.29 is 14.3 Å². The predicted molar refractivity (Wildman–Crippen MR) is 92.7 cm³/mol. The highest BCUT2D eigenvalue weighted by atomic mass is 16.5. The number of carbonyl (C=O) groups excluding carboxylic acids is 2. The summed E-state index contributed by atoms with van der Waals surface area (Å²) in [4.78, 5) is 26.1. The Kier molecular flexibility index (Phi) is 4.43. The maximum atomic E-state index is 13.3. The molecule has 2 aromatic carbocycles. The highest BCUT2D eigenvalue weighted by Crippen LogP contribution is 2.44. The summed E-state index contributed by atoms with van der Waals surface area (Å²) in [6.07, 6.45) is 7.13. The summed E-state index contributed by atoms with van der Waals surface area (Å²) in [6.45, 7) is 0. The van der Waals surface area contributed by atoms with Crippen molar-refractivity contribution in [2.75, 3.05) is 7.11 Å². The molecule has 3 rings (SSSR count). The van der Waals surface area contributed by atoms with Gasteiger partial charge in [-0.25, -0.2) is 0 Å². The predicted octanol–water partition coefficient (Wildman–Crippen LogP) is 3.94. The Labute approximate surface area is 141 Å². The Morgan fingerprint density at radius 3 is 2.17 bits per heavy atom. The van der Waals surface area contributed by atoms with Crippen LogP contribution in [0.15, 0.2) is 85.0 Å². The monoisotopic (exact) mass is 318 g/mol. The lowest BCUT2D eigenvalue weighted by molar-refractivity contribution is -0.147. The van der Waals surface area contributed by atoms with Gasteiger partial charge < -0.3 is 4.74 Å². The van der Waals surface area contributed by atoms with Crippen LogP contribution in [-0.2, 0) is 9.53 Å². The van der Waals surface area contributed by atoms with E-state index in [1.807, 2.05) is 48.6 Å². The van der Waals surface area contributed by atoms with Crippen molar-refractivity contribution in [3.05, 3.63) is 96.1 Å². The number of hydrogen-bond acceptors (Lipinski definition) is 3. The molecule has 0 fully saturated rings. The fourth-order valence-corrected chi connectivity index (χ4v) is 3.17. The maximum absolute atomic E-state index is 13.3. The summed E-state index contributed by atoms with van der Waals surface area (Å²) < 4.78 is 5.04. The van der Waals surface area contributed by atoms with Crippen molar-refractivity contribution in [1.82, 2.24) is 0 Å². The quantitative estimate of drug-likeness (QED) is 0.487. The zero-order valence-corrected chi connectivity index (χ0v) is 13.4. The number of esters is 1. The van der Waals surface area contributed by atoms with E-state index >= 15 is 0 Å². The standard InChI is InChI=1S/C21H18O3/c1-24-20(23)21(19(22)17-12-6-3-7-13-17)15-9-8-14-18(21)16-10-4-2-5-11-16/h2-15,18H,1H3. The van der Waals surface area contributed by atoms with Crippen LogP contribution in [0.5, 0.6) is 0 Å². The molecule has 0 radical (unpaired) electrons. The van der Waals surface area contributed by atoms with Gasteiger partial charge in [0.05, 0.1) is 7.11 Å². The summed E-state index contributed by atoms with van der Waals surface area (Å²) in [7, 11) is 1.32. The van der Waals surface area contributed by atoms with Gasteiger partial charge in [-0.3, -0.25) is 9.59 Å². The third-order valence-electron chi connectivity index (χ3n) is 4.36. The first-order valence-electron chi connectivity index (χ1n) is 7.79. The van der Waals surface area contributed by atoms with Crippen molar-refractivity contribution in [3.8, 4) is 0 Å². The van der Waals surface area contributed by atoms with Gasteiger partial charge in [0.2, 0.25) is 0 Å². The van der Waals surface area contributed by atoms with Gasteiger partial charge in [0.1, 0.15) is 0 Å². The number of allylic oxidation sites excluding steroid dienone is 3. The van der Waals surface area contributed by atoms with Crippen LogP contribution >= 0.6 is 0 Å². The SMILES string of the molecule is COC(=O)C1(C(=O)c2ccccc2)C=CC=CC1c1ccccc1. The van der Waals surface area contributed by atoms with Crippen molar-refractivity contribution in [2.24, 2.45) is 5.41 Å². The first-order chi connectivity index (χ1) is 11.7. The van der Waals surface area contributed by atoms with E-state index in [0.717, 1.165) is 5.56 Å². The van der Waals surface area contributed by atoms with Crippen LogP contribution in [0, 0.1) is 5.41 Å². The minimum absolute atomic E-state index is 0.260. The number of ether oxygens (including phenoxy) is 1. The maximum Gasteiger partial charge on any atom is 0.324 e. The normalized spacial score (nSPS) is 22.1. The molecule has 0 bridgehead atoms. The Morgan fingerprint density at radius 2 is 1.54 bits per heavy atom. The molecule has 0 saturated heterocycles. The minimum Gasteiger partial charge on any atom is -0.468 e. The summed E-state index contributed by atoms with van der Waals surface area (Å²) in [5, 5.41) is 0. The molecule has 0 heterocycles. The lowest BCUT2D eigenvalue weighted by Crippen LogP contribution is -2.44. The molecule has 2 aromatic rings. The third-order valence-corrected chi connectivity index (χ3v) is 4.36. The molecule has 3 nitrogen and oxygen atoms in total. The van der Waals surface area contributed by atoms with Crippen molar-refractivity contribution in [3.63, 3.8) is 0 Å². The van der Waals surface area contributed by atoms with Crippen LogP contribution in [-0.4, -0.2) is 18.9 Å². The first-order valence-corrected chi connectivity index (χ1v) is 7.79. The zero-order chi connectivity index (χ0) is 17.0. The van der Waals surface area contributed by atoms with E-state index in [4.69, 9.17) is 4.74 Å². The van der Waals surface area contributed by atoms with Gasteiger partial charge in [-0.2, -0.15) is 0 Å². The van der Waals surface area contributed by atoms with Crippen molar-refractivity contribution in [2.45, 2.75) is 5.92 Å². The molecular weight excluding hydrogens is 300 g/mol. The second-order valence-electron chi connectivity index (χ2n) is 5.69. The average Bonchev–Trinajstić information content (AvgIpc) is 2.68. The van der Waals surface area contributed by atoms with Crippen LogP contribution in [0.2, 0.25) is 0 Å². The molecular formula is C21H18O3. The third kappa shape index (κ3) is 2.58. The summed E-state index contributed by atoms with van der Waals surface area (Å²) in [5.41, 5.74) is -0.0109. The van der Waals surface area contributed by atoms with Gasteiger partial charge in [0.15, 0.2) is 11.2 Å². The molecule has 1 aliphatic carbocycles. The second kappa shape index (κ2) is 6.67. The van der Waals surface area contributed by atoms with Gasteiger partial charge in [0, 0.05) is 11.5 Å². The zero-order valence-electron chi connectivity index (χ0n) is 13.4. The molecule has 0 spiro atoms. The number of methoxy groups -OCH3 is 1. The summed E-state index contributed by atoms with van der Waals surface area (Å²) >= 11 is 0. The minimum atomic E-state index is -1.40. The second-order valence-corrected chi connectivity index (χ2v) is 5.69. The largest absolute Gasteiger partial charge is 0.468 e. The number of rotatable bonds is 4. The van der Waals surface area contributed by atoms with Gasteiger partial charge >= 0.3 is 5.97 Å². The Balaban J connectivity index is 2.17. The summed E-state index contributed by atoms with van der Waals surface area (Å²) in [5.74, 6) is -1.22. The molecule has 0 aromatic heterocycles. The number of benzene rings is 2. The van der Waals surface area contributed by atoms with Crippen LogP contribution in [0.25, 0.3) is 0 Å². The summed E-state index contributed by atoms with van der Waals surface area (Å²) in [6, 6.07) is 18.4. The van der Waals surface area contributed by atoms with Gasteiger partial charge in [-0.05, 0) is 5.56 Å². The molecule has 120 valence electrons. The Bertz CT molecular complexity index is 790. The molecule has 24 heavy (non-hydrogen) atoms. The molecule has 1 aliphatic rings. The van der Waals surface area contributed by atoms with Gasteiger partial charge in [-0.1, -0.05) is 85.0 Å². The topological polar surface area (TPSA) is 43.4 Å². The van der Waals surface area contributed by atoms with E-state index in [0.29, 0.717) is 5.56 Å². The number of Topliss-reactive ketones (excluding diaryl/α,β-unsaturated/α-hetero) is 1. The lowest BCUT2D eigenvalue weighted by atomic mass is 9.65. The molecule has 0 amide bonds. The van der Waals surface area contributed by atoms with E-state index in [9.17, 15) is 9.59 Å². The molecule has 0 aliphatic heterocycles. The van der Waals surface area contributed by atoms with E-state index in [2.05, 4.69) is 0 Å². The van der Waals surface area contributed by atoms with E-state index in [-0.39, 0.29) is 5.78 Å². The van der Waals surface area contributed by atoms with Crippen LogP contribution < -0.4 is 0 Å². The van der Waals surface area contributed by atoms with Crippen molar-refractivity contribution >= 4 is 11.8 Å². The fraction of sp³-hybridized carbons (Fsp3) is 0.143. The molecule has 2 unspecified atom stereocenters. The first kappa shape index (κ1) is 15.9. The van der Waals surface area contributed by atoms with E-state index in [1.165, 1.54) is 7.11 Å². The lowest BCUT2D eigenvalue weighted by Gasteiger charge is -2.35. The Hall–Kier alpha value is -2.94. The molecule has 0 N–H and O–H groups in total. The number of ketones is 1.